The van der Waals surface area contributed by atoms with Gasteiger partial charge in [-0.2, -0.15) is 0 Å². The lowest BCUT2D eigenvalue weighted by molar-refractivity contribution is -0.134. The number of carbonyl (C=O) groups is 2. The van der Waals surface area contributed by atoms with Gasteiger partial charge in [-0.15, -0.1) is 0 Å². The number of anilines is 2. The predicted octanol–water partition coefficient (Wildman–Crippen LogP) is 5.02. The number of hydrogen-bond acceptors (Lipinski definition) is 5. The molecule has 2 aromatic carbocycles. The summed E-state index contributed by atoms with van der Waals surface area (Å²) in [6, 6.07) is 11.6. The van der Waals surface area contributed by atoms with Crippen molar-refractivity contribution in [2.75, 3.05) is 16.9 Å². The first-order valence-corrected chi connectivity index (χ1v) is 10.8. The summed E-state index contributed by atoms with van der Waals surface area (Å²) in [7, 11) is 0. The monoisotopic (exact) mass is 396 g/mol. The molecule has 0 saturated carbocycles. The molecule has 29 heavy (non-hydrogen) atoms. The Kier molecular flexibility index (Phi) is 6.91. The summed E-state index contributed by atoms with van der Waals surface area (Å²) >= 11 is 0. The van der Waals surface area contributed by atoms with Crippen LogP contribution in [0, 0.1) is 0 Å². The fraction of sp³-hybridized carbons (Fsp3) is 0.500. The average molecular weight is 397 g/mol. The Labute approximate surface area is 173 Å². The maximum Gasteiger partial charge on any atom is 0.233 e. The molecule has 5 heteroatoms. The maximum atomic E-state index is 13.5. The Bertz CT molecular complexity index is 850. The molecular weight excluding hydrogens is 364 g/mol. The highest BCUT2D eigenvalue weighted by molar-refractivity contribution is 6.21. The van der Waals surface area contributed by atoms with Crippen LogP contribution in [0.3, 0.4) is 0 Å². The molecule has 0 saturated heterocycles. The van der Waals surface area contributed by atoms with Crippen molar-refractivity contribution in [2.24, 2.45) is 0 Å². The lowest BCUT2D eigenvalue weighted by Crippen LogP contribution is -2.67. The van der Waals surface area contributed by atoms with E-state index in [9.17, 15) is 14.7 Å². The summed E-state index contributed by atoms with van der Waals surface area (Å²) in [5, 5.41) is 15.6. The van der Waals surface area contributed by atoms with Crippen LogP contribution in [0.4, 0.5) is 11.4 Å². The van der Waals surface area contributed by atoms with Crippen molar-refractivity contribution in [1.29, 1.82) is 0 Å². The second-order valence-electron chi connectivity index (χ2n) is 7.85. The molecule has 1 heterocycles. The minimum absolute atomic E-state index is 0.159. The molecule has 2 N–H and O–H groups in total. The van der Waals surface area contributed by atoms with Gasteiger partial charge in [0.25, 0.3) is 0 Å². The van der Waals surface area contributed by atoms with Crippen LogP contribution in [0.15, 0.2) is 36.4 Å². The summed E-state index contributed by atoms with van der Waals surface area (Å²) in [6.07, 6.45) is 6.00. The van der Waals surface area contributed by atoms with Crippen molar-refractivity contribution in [3.8, 4) is 0 Å². The zero-order valence-corrected chi connectivity index (χ0v) is 17.5. The normalized spacial score (nSPS) is 14.7. The lowest BCUT2D eigenvalue weighted by Gasteiger charge is -2.46. The number of hydrogen-bond donors (Lipinski definition) is 2. The van der Waals surface area contributed by atoms with Gasteiger partial charge in [-0.25, -0.2) is 0 Å². The molecule has 0 bridgehead atoms. The second-order valence-corrected chi connectivity index (χ2v) is 7.85. The molecule has 1 aliphatic heterocycles. The highest BCUT2D eigenvalue weighted by Crippen LogP contribution is 2.43. The minimum atomic E-state index is -1.54. The standard InChI is InChI=1S/C24H32N2O3/c1-3-5-7-15-21(28)24(22(29)16-8-6-4-2)25-19-13-9-11-18-12-10-14-20(23(18)19)26(24)17-27/h9-14,25,27H,3-8,15-17H2,1-2H3. The first kappa shape index (κ1) is 21.3. The molecule has 5 nitrogen and oxygen atoms in total. The third-order valence-corrected chi connectivity index (χ3v) is 5.86. The highest BCUT2D eigenvalue weighted by Gasteiger charge is 2.52. The van der Waals surface area contributed by atoms with Gasteiger partial charge >= 0.3 is 0 Å². The van der Waals surface area contributed by atoms with Crippen molar-refractivity contribution < 1.29 is 14.7 Å². The number of Topliss-reactive ketones (excluding diaryl/α,β-unsaturated/α-hetero) is 2. The Hall–Kier alpha value is -2.40. The van der Waals surface area contributed by atoms with Gasteiger partial charge < -0.3 is 15.3 Å². The molecule has 0 radical (unpaired) electrons. The Morgan fingerprint density at radius 3 is 2.07 bits per heavy atom. The molecule has 0 fully saturated rings. The van der Waals surface area contributed by atoms with Crippen LogP contribution in [0.25, 0.3) is 10.8 Å². The van der Waals surface area contributed by atoms with Crippen molar-refractivity contribution in [3.63, 3.8) is 0 Å². The zero-order valence-electron chi connectivity index (χ0n) is 17.5. The van der Waals surface area contributed by atoms with Gasteiger partial charge in [-0.05, 0) is 30.4 Å². The first-order chi connectivity index (χ1) is 14.1. The van der Waals surface area contributed by atoms with Crippen LogP contribution in [-0.4, -0.2) is 29.1 Å². The fourth-order valence-electron chi connectivity index (χ4n) is 4.30. The fourth-order valence-corrected chi connectivity index (χ4v) is 4.30. The summed E-state index contributed by atoms with van der Waals surface area (Å²) in [5.74, 6) is -0.319. The van der Waals surface area contributed by atoms with Crippen molar-refractivity contribution >= 4 is 33.7 Å². The largest absolute Gasteiger partial charge is 0.376 e. The van der Waals surface area contributed by atoms with Crippen LogP contribution in [0.1, 0.15) is 65.2 Å². The van der Waals surface area contributed by atoms with Crippen LogP contribution in [-0.2, 0) is 9.59 Å². The number of nitrogens with one attached hydrogen (secondary N) is 1. The van der Waals surface area contributed by atoms with E-state index in [4.69, 9.17) is 0 Å². The van der Waals surface area contributed by atoms with E-state index >= 15 is 0 Å². The highest BCUT2D eigenvalue weighted by atomic mass is 16.3. The van der Waals surface area contributed by atoms with E-state index in [1.807, 2.05) is 36.4 Å². The van der Waals surface area contributed by atoms with Gasteiger partial charge in [0.15, 0.2) is 11.6 Å². The van der Waals surface area contributed by atoms with Gasteiger partial charge in [-0.1, -0.05) is 63.8 Å². The number of nitrogens with zero attached hydrogens (tertiary/aromatic N) is 1. The van der Waals surface area contributed by atoms with Crippen LogP contribution in [0.5, 0.6) is 0 Å². The number of rotatable bonds is 11. The molecule has 1 aliphatic rings. The van der Waals surface area contributed by atoms with E-state index in [2.05, 4.69) is 19.2 Å². The number of unbranched alkanes of at least 4 members (excludes halogenated alkanes) is 4. The number of ketones is 2. The molecule has 0 amide bonds. The van der Waals surface area contributed by atoms with Gasteiger partial charge in [0, 0.05) is 23.9 Å². The average Bonchev–Trinajstić information content (AvgIpc) is 2.74. The molecular formula is C24H32N2O3. The maximum absolute atomic E-state index is 13.5. The minimum Gasteiger partial charge on any atom is -0.376 e. The van der Waals surface area contributed by atoms with E-state index < -0.39 is 12.4 Å². The van der Waals surface area contributed by atoms with Crippen LogP contribution >= 0.6 is 0 Å². The predicted molar refractivity (Wildman–Crippen MR) is 118 cm³/mol. The molecule has 0 unspecified atom stereocenters. The van der Waals surface area contributed by atoms with E-state index in [1.165, 1.54) is 0 Å². The van der Waals surface area contributed by atoms with Crippen LogP contribution in [0.2, 0.25) is 0 Å². The van der Waals surface area contributed by atoms with E-state index in [1.54, 1.807) is 4.90 Å². The third kappa shape index (κ3) is 3.88. The molecule has 0 spiro atoms. The number of carbonyl (C=O) groups excluding carboxylic acids is 2. The Morgan fingerprint density at radius 2 is 1.52 bits per heavy atom. The number of aliphatic hydroxyl groups excluding tert-OH is 1. The Morgan fingerprint density at radius 1 is 0.931 bits per heavy atom. The summed E-state index contributed by atoms with van der Waals surface area (Å²) < 4.78 is 0. The molecule has 156 valence electrons. The van der Waals surface area contributed by atoms with Gasteiger partial charge in [0.05, 0.1) is 5.69 Å². The molecule has 0 aromatic heterocycles. The van der Waals surface area contributed by atoms with Crippen molar-refractivity contribution in [1.82, 2.24) is 0 Å². The molecule has 2 aromatic rings. The first-order valence-electron chi connectivity index (χ1n) is 10.8. The summed E-state index contributed by atoms with van der Waals surface area (Å²) in [4.78, 5) is 28.6. The van der Waals surface area contributed by atoms with E-state index in [0.29, 0.717) is 12.8 Å². The topological polar surface area (TPSA) is 69.6 Å². The zero-order chi connectivity index (χ0) is 20.9. The SMILES string of the molecule is CCCCCC(=O)C1(C(=O)CCCCC)Nc2cccc3cccc(c23)N1CO. The molecule has 0 aliphatic carbocycles. The molecule has 3 rings (SSSR count). The third-order valence-electron chi connectivity index (χ3n) is 5.86. The smallest absolute Gasteiger partial charge is 0.233 e. The van der Waals surface area contributed by atoms with Gasteiger partial charge in [-0.3, -0.25) is 9.59 Å². The molecule has 0 atom stereocenters. The summed E-state index contributed by atoms with van der Waals surface area (Å²) in [6.45, 7) is 3.78. The number of aliphatic hydroxyl groups is 1. The summed E-state index contributed by atoms with van der Waals surface area (Å²) in [5.41, 5.74) is -0.0405. The lowest BCUT2D eigenvalue weighted by atomic mass is 9.86. The van der Waals surface area contributed by atoms with Gasteiger partial charge in [0.2, 0.25) is 5.66 Å². The van der Waals surface area contributed by atoms with E-state index in [-0.39, 0.29) is 11.6 Å². The quantitative estimate of drug-likeness (QED) is 0.412. The van der Waals surface area contributed by atoms with E-state index in [0.717, 1.165) is 60.7 Å². The van der Waals surface area contributed by atoms with Crippen molar-refractivity contribution in [3.05, 3.63) is 36.4 Å². The van der Waals surface area contributed by atoms with Crippen molar-refractivity contribution in [2.45, 2.75) is 70.9 Å². The van der Waals surface area contributed by atoms with Crippen LogP contribution < -0.4 is 10.2 Å². The Balaban J connectivity index is 2.08. The van der Waals surface area contributed by atoms with Gasteiger partial charge in [0.1, 0.15) is 6.73 Å². The second kappa shape index (κ2) is 9.40. The number of benzene rings is 2.